The lowest BCUT2D eigenvalue weighted by Gasteiger charge is -2.16. The average molecular weight is 278 g/mol. The first-order valence-corrected chi connectivity index (χ1v) is 5.60. The standard InChI is InChI=1S/C12H14F4N2O/c1-3-18(2)11(19)7-17-10-6-8(12(14,15)16)4-5-9(10)13/h4-6,17H,3,7H2,1-2H3. The smallest absolute Gasteiger partial charge is 0.374 e. The maximum atomic E-state index is 13.3. The normalized spacial score (nSPS) is 11.3. The van der Waals surface area contributed by atoms with E-state index < -0.39 is 17.6 Å². The number of anilines is 1. The predicted octanol–water partition coefficient (Wildman–Crippen LogP) is 2.73. The van der Waals surface area contributed by atoms with Gasteiger partial charge in [0.1, 0.15) is 5.82 Å². The SMILES string of the molecule is CCN(C)C(=O)CNc1cc(C(F)(F)F)ccc1F. The third kappa shape index (κ3) is 4.11. The molecule has 1 amide bonds. The molecule has 1 N–H and O–H groups in total. The number of amides is 1. The molecule has 0 fully saturated rings. The maximum absolute atomic E-state index is 13.3. The molecule has 0 aliphatic carbocycles. The molecule has 0 unspecified atom stereocenters. The fourth-order valence-corrected chi connectivity index (χ4v) is 1.32. The number of alkyl halides is 3. The highest BCUT2D eigenvalue weighted by Crippen LogP contribution is 2.31. The third-order valence-corrected chi connectivity index (χ3v) is 2.62. The number of halogens is 4. The van der Waals surface area contributed by atoms with Gasteiger partial charge in [-0.1, -0.05) is 0 Å². The Morgan fingerprint density at radius 3 is 2.53 bits per heavy atom. The number of carbonyl (C=O) groups is 1. The fourth-order valence-electron chi connectivity index (χ4n) is 1.32. The van der Waals surface area contributed by atoms with E-state index in [1.165, 1.54) is 4.90 Å². The highest BCUT2D eigenvalue weighted by molar-refractivity contribution is 5.80. The zero-order valence-corrected chi connectivity index (χ0v) is 10.5. The molecule has 3 nitrogen and oxygen atoms in total. The van der Waals surface area contributed by atoms with Crippen molar-refractivity contribution in [3.63, 3.8) is 0 Å². The lowest BCUT2D eigenvalue weighted by molar-refractivity contribution is -0.137. The molecule has 106 valence electrons. The molecule has 0 spiro atoms. The Morgan fingerprint density at radius 2 is 2.00 bits per heavy atom. The van der Waals surface area contributed by atoms with Gasteiger partial charge < -0.3 is 10.2 Å². The minimum atomic E-state index is -4.55. The number of nitrogens with zero attached hydrogens (tertiary/aromatic N) is 1. The van der Waals surface area contributed by atoms with Crippen LogP contribution in [0.15, 0.2) is 18.2 Å². The average Bonchev–Trinajstić information content (AvgIpc) is 2.35. The van der Waals surface area contributed by atoms with Crippen molar-refractivity contribution >= 4 is 11.6 Å². The van der Waals surface area contributed by atoms with Gasteiger partial charge in [-0.05, 0) is 25.1 Å². The first kappa shape index (κ1) is 15.3. The minimum absolute atomic E-state index is 0.261. The summed E-state index contributed by atoms with van der Waals surface area (Å²) in [5, 5.41) is 2.37. The quantitative estimate of drug-likeness (QED) is 0.859. The van der Waals surface area contributed by atoms with Gasteiger partial charge in [0.15, 0.2) is 0 Å². The van der Waals surface area contributed by atoms with Crippen LogP contribution in [0.2, 0.25) is 0 Å². The van der Waals surface area contributed by atoms with Gasteiger partial charge in [0.25, 0.3) is 0 Å². The van der Waals surface area contributed by atoms with E-state index in [1.54, 1.807) is 14.0 Å². The zero-order valence-electron chi connectivity index (χ0n) is 10.5. The molecule has 0 aliphatic rings. The van der Waals surface area contributed by atoms with Crippen LogP contribution in [0, 0.1) is 5.82 Å². The molecule has 1 rings (SSSR count). The summed E-state index contributed by atoms with van der Waals surface area (Å²) in [7, 11) is 1.55. The molecule has 7 heteroatoms. The van der Waals surface area contributed by atoms with Crippen LogP contribution in [0.5, 0.6) is 0 Å². The molecule has 0 aliphatic heterocycles. The number of carbonyl (C=O) groups excluding carboxylic acids is 1. The largest absolute Gasteiger partial charge is 0.416 e. The van der Waals surface area contributed by atoms with Gasteiger partial charge in [0, 0.05) is 13.6 Å². The van der Waals surface area contributed by atoms with E-state index in [-0.39, 0.29) is 18.1 Å². The Kier molecular flexibility index (Phi) is 4.74. The summed E-state index contributed by atoms with van der Waals surface area (Å²) in [6.07, 6.45) is -4.55. The monoisotopic (exact) mass is 278 g/mol. The molecule has 19 heavy (non-hydrogen) atoms. The zero-order chi connectivity index (χ0) is 14.6. The number of nitrogens with one attached hydrogen (secondary N) is 1. The van der Waals surface area contributed by atoms with Gasteiger partial charge >= 0.3 is 6.18 Å². The molecule has 0 saturated carbocycles. The number of hydrogen-bond donors (Lipinski definition) is 1. The van der Waals surface area contributed by atoms with Crippen molar-refractivity contribution < 1.29 is 22.4 Å². The van der Waals surface area contributed by atoms with Gasteiger partial charge in [0.05, 0.1) is 17.8 Å². The van der Waals surface area contributed by atoms with Crippen LogP contribution in [0.1, 0.15) is 12.5 Å². The second-order valence-electron chi connectivity index (χ2n) is 3.95. The molecular formula is C12H14F4N2O. The van der Waals surface area contributed by atoms with Crippen molar-refractivity contribution in [3.05, 3.63) is 29.6 Å². The molecule has 0 aromatic heterocycles. The van der Waals surface area contributed by atoms with Crippen molar-refractivity contribution in [2.75, 3.05) is 25.5 Å². The molecule has 0 atom stereocenters. The Hall–Kier alpha value is -1.79. The van der Waals surface area contributed by atoms with Gasteiger partial charge in [-0.3, -0.25) is 4.79 Å². The highest BCUT2D eigenvalue weighted by atomic mass is 19.4. The molecule has 1 aromatic rings. The topological polar surface area (TPSA) is 32.3 Å². The molecule has 0 radical (unpaired) electrons. The molecule has 0 saturated heterocycles. The minimum Gasteiger partial charge on any atom is -0.374 e. The summed E-state index contributed by atoms with van der Waals surface area (Å²) in [6, 6.07) is 2.02. The van der Waals surface area contributed by atoms with Crippen LogP contribution in [0.3, 0.4) is 0 Å². The van der Waals surface area contributed by atoms with Gasteiger partial charge in [-0.2, -0.15) is 13.2 Å². The summed E-state index contributed by atoms with van der Waals surface area (Å²) in [5.74, 6) is -1.17. The van der Waals surface area contributed by atoms with E-state index in [4.69, 9.17) is 0 Å². The number of likely N-dealkylation sites (N-methyl/N-ethyl adjacent to an activating group) is 1. The van der Waals surface area contributed by atoms with E-state index in [1.807, 2.05) is 0 Å². The number of benzene rings is 1. The van der Waals surface area contributed by atoms with Gasteiger partial charge in [-0.15, -0.1) is 0 Å². The van der Waals surface area contributed by atoms with E-state index in [0.29, 0.717) is 18.7 Å². The van der Waals surface area contributed by atoms with E-state index in [2.05, 4.69) is 5.32 Å². The Bertz CT molecular complexity index is 460. The molecule has 0 heterocycles. The number of hydrogen-bond acceptors (Lipinski definition) is 2. The van der Waals surface area contributed by atoms with E-state index in [0.717, 1.165) is 6.07 Å². The van der Waals surface area contributed by atoms with Crippen LogP contribution in [0.25, 0.3) is 0 Å². The summed E-state index contributed by atoms with van der Waals surface area (Å²) in [5.41, 5.74) is -1.31. The second kappa shape index (κ2) is 5.90. The molecule has 1 aromatic carbocycles. The van der Waals surface area contributed by atoms with Crippen LogP contribution in [-0.4, -0.2) is 30.9 Å². The first-order chi connectivity index (χ1) is 8.75. The molecular weight excluding hydrogens is 264 g/mol. The highest BCUT2D eigenvalue weighted by Gasteiger charge is 2.31. The fraction of sp³-hybridized carbons (Fsp3) is 0.417. The van der Waals surface area contributed by atoms with Crippen LogP contribution < -0.4 is 5.32 Å². The van der Waals surface area contributed by atoms with Crippen molar-refractivity contribution in [2.45, 2.75) is 13.1 Å². The summed E-state index contributed by atoms with van der Waals surface area (Å²) >= 11 is 0. The summed E-state index contributed by atoms with van der Waals surface area (Å²) in [6.45, 7) is 1.96. The van der Waals surface area contributed by atoms with Crippen molar-refractivity contribution in [3.8, 4) is 0 Å². The van der Waals surface area contributed by atoms with E-state index in [9.17, 15) is 22.4 Å². The van der Waals surface area contributed by atoms with Crippen LogP contribution in [-0.2, 0) is 11.0 Å². The second-order valence-corrected chi connectivity index (χ2v) is 3.95. The van der Waals surface area contributed by atoms with Crippen molar-refractivity contribution in [1.29, 1.82) is 0 Å². The Balaban J connectivity index is 2.81. The predicted molar refractivity (Wildman–Crippen MR) is 63.2 cm³/mol. The lowest BCUT2D eigenvalue weighted by atomic mass is 10.2. The number of rotatable bonds is 4. The third-order valence-electron chi connectivity index (χ3n) is 2.62. The Morgan fingerprint density at radius 1 is 1.37 bits per heavy atom. The van der Waals surface area contributed by atoms with Gasteiger partial charge in [-0.25, -0.2) is 4.39 Å². The first-order valence-electron chi connectivity index (χ1n) is 5.60. The summed E-state index contributed by atoms with van der Waals surface area (Å²) < 4.78 is 50.7. The molecule has 0 bridgehead atoms. The Labute approximate surface area is 108 Å². The van der Waals surface area contributed by atoms with Crippen LogP contribution in [0.4, 0.5) is 23.2 Å². The maximum Gasteiger partial charge on any atom is 0.416 e. The lowest BCUT2D eigenvalue weighted by Crippen LogP contribution is -2.32. The van der Waals surface area contributed by atoms with Crippen molar-refractivity contribution in [2.24, 2.45) is 0 Å². The van der Waals surface area contributed by atoms with E-state index >= 15 is 0 Å². The van der Waals surface area contributed by atoms with Gasteiger partial charge in [0.2, 0.25) is 5.91 Å². The summed E-state index contributed by atoms with van der Waals surface area (Å²) in [4.78, 5) is 12.8. The van der Waals surface area contributed by atoms with Crippen molar-refractivity contribution in [1.82, 2.24) is 4.90 Å². The van der Waals surface area contributed by atoms with Crippen LogP contribution >= 0.6 is 0 Å².